The number of rotatable bonds is 4. The lowest BCUT2D eigenvalue weighted by Gasteiger charge is -2.11. The van der Waals surface area contributed by atoms with E-state index in [1.165, 1.54) is 11.1 Å². The van der Waals surface area contributed by atoms with Crippen molar-refractivity contribution in [2.24, 2.45) is 0 Å². The highest BCUT2D eigenvalue weighted by Crippen LogP contribution is 2.27. The lowest BCUT2D eigenvalue weighted by atomic mass is 9.94. The van der Waals surface area contributed by atoms with Gasteiger partial charge in [0.2, 0.25) is 0 Å². The van der Waals surface area contributed by atoms with E-state index in [2.05, 4.69) is 44.2 Å². The normalized spacial score (nSPS) is 12.2. The maximum atomic E-state index is 11.1. The molecular weight excluding hydrogens is 232 g/mol. The number of carbonyl (C=O) groups excluding carboxylic acids is 1. The van der Waals surface area contributed by atoms with Crippen molar-refractivity contribution in [2.45, 2.75) is 33.1 Å². The molecule has 0 saturated heterocycles. The van der Waals surface area contributed by atoms with Crippen molar-refractivity contribution >= 4 is 6.29 Å². The van der Waals surface area contributed by atoms with Crippen LogP contribution in [0, 0.1) is 6.92 Å². The standard InChI is InChI=1S/C18H20O/c1-4-14(3)15-7-9-16(10-8-15)18-11-13(2)5-6-17(18)12-19/h5-12,14H,4H2,1-3H3. The van der Waals surface area contributed by atoms with Gasteiger partial charge in [0.05, 0.1) is 0 Å². The average molecular weight is 252 g/mol. The van der Waals surface area contributed by atoms with E-state index in [0.717, 1.165) is 29.4 Å². The van der Waals surface area contributed by atoms with Crippen molar-refractivity contribution in [1.82, 2.24) is 0 Å². The van der Waals surface area contributed by atoms with Crippen LogP contribution in [0.25, 0.3) is 11.1 Å². The molecule has 1 heteroatoms. The van der Waals surface area contributed by atoms with Crippen LogP contribution in [-0.4, -0.2) is 6.29 Å². The van der Waals surface area contributed by atoms with Gasteiger partial charge in [-0.15, -0.1) is 0 Å². The van der Waals surface area contributed by atoms with E-state index in [-0.39, 0.29) is 0 Å². The fraction of sp³-hybridized carbons (Fsp3) is 0.278. The summed E-state index contributed by atoms with van der Waals surface area (Å²) in [5.74, 6) is 0.581. The molecule has 0 spiro atoms. The van der Waals surface area contributed by atoms with Gasteiger partial charge in [-0.1, -0.05) is 61.9 Å². The van der Waals surface area contributed by atoms with E-state index in [1.54, 1.807) is 0 Å². The Balaban J connectivity index is 2.42. The van der Waals surface area contributed by atoms with Crippen LogP contribution >= 0.6 is 0 Å². The SMILES string of the molecule is CCC(C)c1ccc(-c2cc(C)ccc2C=O)cc1. The van der Waals surface area contributed by atoms with E-state index in [9.17, 15) is 4.79 Å². The Morgan fingerprint density at radius 3 is 2.37 bits per heavy atom. The molecule has 0 aliphatic rings. The molecule has 1 atom stereocenters. The highest BCUT2D eigenvalue weighted by atomic mass is 16.1. The molecule has 0 aromatic heterocycles. The number of hydrogen-bond donors (Lipinski definition) is 0. The summed E-state index contributed by atoms with van der Waals surface area (Å²) in [6.07, 6.45) is 2.07. The molecular formula is C18H20O. The number of aryl methyl sites for hydroxylation is 1. The zero-order chi connectivity index (χ0) is 13.8. The molecule has 19 heavy (non-hydrogen) atoms. The van der Waals surface area contributed by atoms with Gasteiger partial charge in [-0.3, -0.25) is 4.79 Å². The maximum absolute atomic E-state index is 11.1. The Kier molecular flexibility index (Phi) is 4.16. The van der Waals surface area contributed by atoms with Gasteiger partial charge < -0.3 is 0 Å². The summed E-state index contributed by atoms with van der Waals surface area (Å²) in [6, 6.07) is 14.5. The van der Waals surface area contributed by atoms with Crippen LogP contribution in [0.1, 0.15) is 47.7 Å². The number of hydrogen-bond acceptors (Lipinski definition) is 1. The second-order valence-corrected chi connectivity index (χ2v) is 5.14. The highest BCUT2D eigenvalue weighted by molar-refractivity contribution is 5.87. The summed E-state index contributed by atoms with van der Waals surface area (Å²) in [5.41, 5.74) is 5.41. The molecule has 1 unspecified atom stereocenters. The van der Waals surface area contributed by atoms with Gasteiger partial charge in [-0.2, -0.15) is 0 Å². The van der Waals surface area contributed by atoms with Gasteiger partial charge in [0.15, 0.2) is 6.29 Å². The van der Waals surface area contributed by atoms with Gasteiger partial charge in [-0.25, -0.2) is 0 Å². The molecule has 0 N–H and O–H groups in total. The molecule has 2 aromatic rings. The van der Waals surface area contributed by atoms with Crippen molar-refractivity contribution in [3.63, 3.8) is 0 Å². The topological polar surface area (TPSA) is 17.1 Å². The van der Waals surface area contributed by atoms with Gasteiger partial charge in [-0.05, 0) is 36.0 Å². The Labute approximate surface area is 115 Å². The molecule has 1 nitrogen and oxygen atoms in total. The van der Waals surface area contributed by atoms with E-state index >= 15 is 0 Å². The van der Waals surface area contributed by atoms with Gasteiger partial charge in [0.25, 0.3) is 0 Å². The van der Waals surface area contributed by atoms with Crippen LogP contribution in [0.4, 0.5) is 0 Å². The molecule has 98 valence electrons. The highest BCUT2D eigenvalue weighted by Gasteiger charge is 2.07. The van der Waals surface area contributed by atoms with Gasteiger partial charge >= 0.3 is 0 Å². The molecule has 0 saturated carbocycles. The van der Waals surface area contributed by atoms with Crippen molar-refractivity contribution in [3.8, 4) is 11.1 Å². The Morgan fingerprint density at radius 2 is 1.79 bits per heavy atom. The first-order valence-electron chi connectivity index (χ1n) is 6.82. The molecule has 0 aliphatic carbocycles. The van der Waals surface area contributed by atoms with Crippen LogP contribution in [0.15, 0.2) is 42.5 Å². The number of carbonyl (C=O) groups is 1. The average Bonchev–Trinajstić information content (AvgIpc) is 2.46. The lowest BCUT2D eigenvalue weighted by Crippen LogP contribution is -1.92. The minimum atomic E-state index is 0.581. The monoisotopic (exact) mass is 252 g/mol. The molecule has 0 amide bonds. The maximum Gasteiger partial charge on any atom is 0.150 e. The smallest absolute Gasteiger partial charge is 0.150 e. The third-order valence-corrected chi connectivity index (χ3v) is 3.74. The van der Waals surface area contributed by atoms with E-state index in [0.29, 0.717) is 5.92 Å². The second-order valence-electron chi connectivity index (χ2n) is 5.14. The molecule has 0 bridgehead atoms. The number of benzene rings is 2. The van der Waals surface area contributed by atoms with Crippen molar-refractivity contribution in [3.05, 3.63) is 59.2 Å². The summed E-state index contributed by atoms with van der Waals surface area (Å²) < 4.78 is 0. The third kappa shape index (κ3) is 2.93. The second kappa shape index (κ2) is 5.83. The minimum Gasteiger partial charge on any atom is -0.298 e. The summed E-state index contributed by atoms with van der Waals surface area (Å²) in [5, 5.41) is 0. The first-order chi connectivity index (χ1) is 9.15. The summed E-state index contributed by atoms with van der Waals surface area (Å²) >= 11 is 0. The zero-order valence-electron chi connectivity index (χ0n) is 11.8. The fourth-order valence-corrected chi connectivity index (χ4v) is 2.25. The molecule has 0 aliphatic heterocycles. The zero-order valence-corrected chi connectivity index (χ0v) is 11.8. The Hall–Kier alpha value is -1.89. The van der Waals surface area contributed by atoms with Crippen molar-refractivity contribution in [2.75, 3.05) is 0 Å². The van der Waals surface area contributed by atoms with E-state index in [1.807, 2.05) is 19.1 Å². The van der Waals surface area contributed by atoms with Gasteiger partial charge in [0.1, 0.15) is 0 Å². The molecule has 0 heterocycles. The molecule has 0 radical (unpaired) electrons. The first kappa shape index (κ1) is 13.5. The predicted molar refractivity (Wildman–Crippen MR) is 80.7 cm³/mol. The Bertz CT molecular complexity index is 567. The van der Waals surface area contributed by atoms with Crippen molar-refractivity contribution in [1.29, 1.82) is 0 Å². The van der Waals surface area contributed by atoms with Crippen LogP contribution in [0.3, 0.4) is 0 Å². The van der Waals surface area contributed by atoms with E-state index < -0.39 is 0 Å². The molecule has 2 aromatic carbocycles. The lowest BCUT2D eigenvalue weighted by molar-refractivity contribution is 0.112. The van der Waals surface area contributed by atoms with Gasteiger partial charge in [0, 0.05) is 5.56 Å². The van der Waals surface area contributed by atoms with Crippen LogP contribution in [0.5, 0.6) is 0 Å². The minimum absolute atomic E-state index is 0.581. The fourth-order valence-electron chi connectivity index (χ4n) is 2.25. The summed E-state index contributed by atoms with van der Waals surface area (Å²) in [4.78, 5) is 11.1. The molecule has 2 rings (SSSR count). The first-order valence-corrected chi connectivity index (χ1v) is 6.82. The summed E-state index contributed by atoms with van der Waals surface area (Å²) in [6.45, 7) is 6.48. The van der Waals surface area contributed by atoms with Crippen LogP contribution in [-0.2, 0) is 0 Å². The molecule has 0 fully saturated rings. The quantitative estimate of drug-likeness (QED) is 0.701. The van der Waals surface area contributed by atoms with Crippen LogP contribution < -0.4 is 0 Å². The third-order valence-electron chi connectivity index (χ3n) is 3.74. The van der Waals surface area contributed by atoms with Crippen molar-refractivity contribution < 1.29 is 4.79 Å². The largest absolute Gasteiger partial charge is 0.298 e. The predicted octanol–water partition coefficient (Wildman–Crippen LogP) is 4.99. The van der Waals surface area contributed by atoms with Crippen LogP contribution in [0.2, 0.25) is 0 Å². The van der Waals surface area contributed by atoms with E-state index in [4.69, 9.17) is 0 Å². The Morgan fingerprint density at radius 1 is 1.11 bits per heavy atom. The summed E-state index contributed by atoms with van der Waals surface area (Å²) in [7, 11) is 0. The number of aldehydes is 1.